The van der Waals surface area contributed by atoms with Crippen molar-refractivity contribution in [3.05, 3.63) is 64.9 Å². The highest BCUT2D eigenvalue weighted by atomic mass is 35.5. The lowest BCUT2D eigenvalue weighted by Gasteiger charge is -2.09. The molecule has 3 rings (SSSR count). The number of aromatic nitrogens is 4. The van der Waals surface area contributed by atoms with Crippen LogP contribution < -0.4 is 10.6 Å². The van der Waals surface area contributed by atoms with Crippen molar-refractivity contribution in [1.29, 1.82) is 0 Å². The van der Waals surface area contributed by atoms with E-state index in [1.54, 1.807) is 29.9 Å². The number of nitrogens with one attached hydrogen (secondary N) is 2. The van der Waals surface area contributed by atoms with Crippen LogP contribution >= 0.6 is 11.6 Å². The van der Waals surface area contributed by atoms with Crippen molar-refractivity contribution in [1.82, 2.24) is 25.5 Å². The summed E-state index contributed by atoms with van der Waals surface area (Å²) in [5.74, 6) is 0.437. The van der Waals surface area contributed by atoms with E-state index in [1.165, 1.54) is 0 Å². The van der Waals surface area contributed by atoms with Crippen LogP contribution in [0.25, 0.3) is 5.69 Å². The quantitative estimate of drug-likeness (QED) is 0.743. The van der Waals surface area contributed by atoms with Crippen LogP contribution in [0, 0.1) is 0 Å². The standard InChI is InChI=1S/C16H15ClN6O/c1-18-16(24)13-8-7-11(9-14(13)17)19-10-15-20-21-22-23(15)12-5-3-2-4-6-12/h2-9,19H,10H2,1H3,(H,18,24). The molecule has 0 atom stereocenters. The van der Waals surface area contributed by atoms with Gasteiger partial charge in [-0.3, -0.25) is 4.79 Å². The molecular weight excluding hydrogens is 328 g/mol. The van der Waals surface area contributed by atoms with Crippen LogP contribution in [0.1, 0.15) is 16.2 Å². The molecule has 0 saturated carbocycles. The van der Waals surface area contributed by atoms with E-state index in [0.29, 0.717) is 23.0 Å². The zero-order valence-electron chi connectivity index (χ0n) is 12.9. The SMILES string of the molecule is CNC(=O)c1ccc(NCc2nnnn2-c2ccccc2)cc1Cl. The molecule has 0 bridgehead atoms. The van der Waals surface area contributed by atoms with Crippen molar-refractivity contribution in [3.63, 3.8) is 0 Å². The molecule has 0 spiro atoms. The third-order valence-electron chi connectivity index (χ3n) is 3.43. The van der Waals surface area contributed by atoms with Gasteiger partial charge in [0.1, 0.15) is 0 Å². The van der Waals surface area contributed by atoms with Gasteiger partial charge in [0, 0.05) is 12.7 Å². The first kappa shape index (κ1) is 15.9. The van der Waals surface area contributed by atoms with E-state index in [-0.39, 0.29) is 5.91 Å². The Kier molecular flexibility index (Phi) is 4.72. The zero-order valence-corrected chi connectivity index (χ0v) is 13.7. The fourth-order valence-electron chi connectivity index (χ4n) is 2.21. The number of halogens is 1. The maximum atomic E-state index is 11.6. The number of benzene rings is 2. The van der Waals surface area contributed by atoms with Crippen LogP contribution in [0.3, 0.4) is 0 Å². The number of carbonyl (C=O) groups is 1. The molecule has 1 amide bonds. The van der Waals surface area contributed by atoms with Crippen molar-refractivity contribution in [2.24, 2.45) is 0 Å². The normalized spacial score (nSPS) is 10.4. The molecule has 7 nitrogen and oxygen atoms in total. The first-order chi connectivity index (χ1) is 11.7. The highest BCUT2D eigenvalue weighted by molar-refractivity contribution is 6.34. The Morgan fingerprint density at radius 2 is 2.00 bits per heavy atom. The van der Waals surface area contributed by atoms with Crippen LogP contribution in [0.4, 0.5) is 5.69 Å². The number of para-hydroxylation sites is 1. The Labute approximate surface area is 143 Å². The molecule has 1 heterocycles. The van der Waals surface area contributed by atoms with Gasteiger partial charge < -0.3 is 10.6 Å². The lowest BCUT2D eigenvalue weighted by molar-refractivity contribution is 0.0963. The highest BCUT2D eigenvalue weighted by Gasteiger charge is 2.11. The minimum Gasteiger partial charge on any atom is -0.378 e. The van der Waals surface area contributed by atoms with Gasteiger partial charge in [-0.1, -0.05) is 29.8 Å². The summed E-state index contributed by atoms with van der Waals surface area (Å²) >= 11 is 6.14. The average molecular weight is 343 g/mol. The maximum Gasteiger partial charge on any atom is 0.252 e. The third-order valence-corrected chi connectivity index (χ3v) is 3.74. The van der Waals surface area contributed by atoms with Crippen molar-refractivity contribution in [2.75, 3.05) is 12.4 Å². The van der Waals surface area contributed by atoms with E-state index in [2.05, 4.69) is 26.2 Å². The Morgan fingerprint density at radius 1 is 1.21 bits per heavy atom. The number of nitrogens with zero attached hydrogens (tertiary/aromatic N) is 4. The number of hydrogen-bond acceptors (Lipinski definition) is 5. The summed E-state index contributed by atoms with van der Waals surface area (Å²) in [6.07, 6.45) is 0. The highest BCUT2D eigenvalue weighted by Crippen LogP contribution is 2.21. The Hall–Kier alpha value is -2.93. The largest absolute Gasteiger partial charge is 0.378 e. The van der Waals surface area contributed by atoms with Gasteiger partial charge in [-0.05, 0) is 40.8 Å². The Bertz CT molecular complexity index is 849. The lowest BCUT2D eigenvalue weighted by Crippen LogP contribution is -2.18. The number of amides is 1. The summed E-state index contributed by atoms with van der Waals surface area (Å²) in [6.45, 7) is 0.414. The van der Waals surface area contributed by atoms with Gasteiger partial charge in [-0.25, -0.2) is 0 Å². The van der Waals surface area contributed by atoms with E-state index in [1.807, 2.05) is 30.3 Å². The fraction of sp³-hybridized carbons (Fsp3) is 0.125. The van der Waals surface area contributed by atoms with Crippen LogP contribution in [0.15, 0.2) is 48.5 Å². The molecule has 0 saturated heterocycles. The predicted molar refractivity (Wildman–Crippen MR) is 91.3 cm³/mol. The summed E-state index contributed by atoms with van der Waals surface area (Å²) in [5.41, 5.74) is 2.08. The topological polar surface area (TPSA) is 84.7 Å². The van der Waals surface area contributed by atoms with E-state index in [0.717, 1.165) is 11.4 Å². The van der Waals surface area contributed by atoms with Gasteiger partial charge in [0.05, 0.1) is 22.8 Å². The lowest BCUT2D eigenvalue weighted by atomic mass is 10.2. The molecule has 122 valence electrons. The Balaban J connectivity index is 1.74. The van der Waals surface area contributed by atoms with Gasteiger partial charge in [-0.15, -0.1) is 5.10 Å². The maximum absolute atomic E-state index is 11.6. The first-order valence-electron chi connectivity index (χ1n) is 7.27. The molecule has 8 heteroatoms. The number of anilines is 1. The minimum absolute atomic E-state index is 0.223. The summed E-state index contributed by atoms with van der Waals surface area (Å²) in [6, 6.07) is 14.8. The molecule has 0 aliphatic heterocycles. The first-order valence-corrected chi connectivity index (χ1v) is 7.65. The zero-order chi connectivity index (χ0) is 16.9. The van der Waals surface area contributed by atoms with Crippen molar-refractivity contribution in [3.8, 4) is 5.69 Å². The van der Waals surface area contributed by atoms with Crippen molar-refractivity contribution in [2.45, 2.75) is 6.54 Å². The molecule has 0 fully saturated rings. The van der Waals surface area contributed by atoms with Gasteiger partial charge in [-0.2, -0.15) is 4.68 Å². The second-order valence-electron chi connectivity index (χ2n) is 4.97. The molecule has 2 aromatic carbocycles. The molecule has 0 aliphatic carbocycles. The number of carbonyl (C=O) groups excluding carboxylic acids is 1. The number of hydrogen-bond donors (Lipinski definition) is 2. The second kappa shape index (κ2) is 7.10. The van der Waals surface area contributed by atoms with Crippen molar-refractivity contribution < 1.29 is 4.79 Å². The molecule has 0 radical (unpaired) electrons. The van der Waals surface area contributed by atoms with Crippen LogP contribution in [-0.4, -0.2) is 33.2 Å². The smallest absolute Gasteiger partial charge is 0.252 e. The fourth-order valence-corrected chi connectivity index (χ4v) is 2.48. The van der Waals surface area contributed by atoms with E-state index < -0.39 is 0 Å². The molecule has 2 N–H and O–H groups in total. The second-order valence-corrected chi connectivity index (χ2v) is 5.38. The molecular formula is C16H15ClN6O. The summed E-state index contributed by atoms with van der Waals surface area (Å²) in [7, 11) is 1.56. The molecule has 0 aliphatic rings. The number of tetrazole rings is 1. The monoisotopic (exact) mass is 342 g/mol. The van der Waals surface area contributed by atoms with Gasteiger partial charge in [0.15, 0.2) is 5.82 Å². The summed E-state index contributed by atoms with van der Waals surface area (Å²) < 4.78 is 1.66. The molecule has 1 aromatic heterocycles. The number of rotatable bonds is 5. The molecule has 3 aromatic rings. The summed E-state index contributed by atoms with van der Waals surface area (Å²) in [4.78, 5) is 11.6. The van der Waals surface area contributed by atoms with Crippen LogP contribution in [0.5, 0.6) is 0 Å². The molecule has 0 unspecified atom stereocenters. The van der Waals surface area contributed by atoms with Gasteiger partial charge in [0.25, 0.3) is 5.91 Å². The van der Waals surface area contributed by atoms with Gasteiger partial charge >= 0.3 is 0 Å². The van der Waals surface area contributed by atoms with E-state index >= 15 is 0 Å². The van der Waals surface area contributed by atoms with E-state index in [4.69, 9.17) is 11.6 Å². The predicted octanol–water partition coefficient (Wildman–Crippen LogP) is 2.29. The van der Waals surface area contributed by atoms with Crippen LogP contribution in [0.2, 0.25) is 5.02 Å². The molecule has 24 heavy (non-hydrogen) atoms. The Morgan fingerprint density at radius 3 is 2.71 bits per heavy atom. The minimum atomic E-state index is -0.223. The van der Waals surface area contributed by atoms with Crippen molar-refractivity contribution >= 4 is 23.2 Å². The van der Waals surface area contributed by atoms with Crippen LogP contribution in [-0.2, 0) is 6.54 Å². The van der Waals surface area contributed by atoms with Gasteiger partial charge in [0.2, 0.25) is 0 Å². The summed E-state index contributed by atoms with van der Waals surface area (Å²) in [5, 5.41) is 17.9. The average Bonchev–Trinajstić information content (AvgIpc) is 3.09. The third kappa shape index (κ3) is 3.36. The van der Waals surface area contributed by atoms with E-state index in [9.17, 15) is 4.79 Å².